The van der Waals surface area contributed by atoms with Crippen LogP contribution in [0.4, 0.5) is 4.39 Å². The molecule has 2 unspecified atom stereocenters. The van der Waals surface area contributed by atoms with Crippen molar-refractivity contribution >= 4 is 0 Å². The van der Waals surface area contributed by atoms with Gasteiger partial charge in [0.1, 0.15) is 5.82 Å². The first-order valence-electron chi connectivity index (χ1n) is 5.38. The van der Waals surface area contributed by atoms with E-state index < -0.39 is 5.79 Å². The van der Waals surface area contributed by atoms with Gasteiger partial charge in [-0.1, -0.05) is 18.2 Å². The van der Waals surface area contributed by atoms with Crippen molar-refractivity contribution in [3.8, 4) is 0 Å². The molecule has 1 aromatic carbocycles. The van der Waals surface area contributed by atoms with Crippen LogP contribution < -0.4 is 5.73 Å². The van der Waals surface area contributed by atoms with Crippen molar-refractivity contribution in [2.75, 3.05) is 13.2 Å². The van der Waals surface area contributed by atoms with E-state index in [1.54, 1.807) is 18.2 Å². The van der Waals surface area contributed by atoms with E-state index >= 15 is 0 Å². The smallest absolute Gasteiger partial charge is 0.170 e. The minimum absolute atomic E-state index is 0.0863. The number of rotatable bonds is 3. The molecule has 16 heavy (non-hydrogen) atoms. The number of nitrogens with two attached hydrogens (primary N) is 1. The minimum atomic E-state index is -0.758. The summed E-state index contributed by atoms with van der Waals surface area (Å²) in [5.74, 6) is -0.987. The van der Waals surface area contributed by atoms with Crippen LogP contribution in [0.2, 0.25) is 0 Å². The summed E-state index contributed by atoms with van der Waals surface area (Å²) in [6, 6.07) is 6.65. The van der Waals surface area contributed by atoms with E-state index in [2.05, 4.69) is 0 Å². The first kappa shape index (κ1) is 11.5. The van der Waals surface area contributed by atoms with Gasteiger partial charge in [0.2, 0.25) is 0 Å². The van der Waals surface area contributed by atoms with Gasteiger partial charge < -0.3 is 15.2 Å². The van der Waals surface area contributed by atoms with Crippen LogP contribution in [-0.4, -0.2) is 25.0 Å². The second-order valence-corrected chi connectivity index (χ2v) is 4.19. The third-order valence-corrected chi connectivity index (χ3v) is 2.72. The van der Waals surface area contributed by atoms with Gasteiger partial charge >= 0.3 is 0 Å². The standard InChI is InChI=1S/C12H16FNO2/c1-12(15-8-10(7-14)16-12)6-9-4-2-3-5-11(9)13/h2-5,10H,6-8,14H2,1H3. The van der Waals surface area contributed by atoms with E-state index in [-0.39, 0.29) is 11.9 Å². The molecule has 0 aliphatic carbocycles. The summed E-state index contributed by atoms with van der Waals surface area (Å²) >= 11 is 0. The van der Waals surface area contributed by atoms with Crippen molar-refractivity contribution < 1.29 is 13.9 Å². The predicted octanol–water partition coefficient (Wildman–Crippen LogP) is 1.46. The van der Waals surface area contributed by atoms with Gasteiger partial charge in [0.15, 0.2) is 5.79 Å². The highest BCUT2D eigenvalue weighted by atomic mass is 19.1. The molecule has 1 saturated heterocycles. The van der Waals surface area contributed by atoms with Crippen molar-refractivity contribution in [1.29, 1.82) is 0 Å². The van der Waals surface area contributed by atoms with Gasteiger partial charge in [-0.3, -0.25) is 0 Å². The largest absolute Gasteiger partial charge is 0.347 e. The number of benzene rings is 1. The van der Waals surface area contributed by atoms with Crippen molar-refractivity contribution in [1.82, 2.24) is 0 Å². The Labute approximate surface area is 94.3 Å². The van der Waals surface area contributed by atoms with Crippen molar-refractivity contribution in [2.45, 2.75) is 25.2 Å². The summed E-state index contributed by atoms with van der Waals surface area (Å²) in [4.78, 5) is 0. The molecule has 1 heterocycles. The highest BCUT2D eigenvalue weighted by Gasteiger charge is 2.37. The van der Waals surface area contributed by atoms with E-state index in [9.17, 15) is 4.39 Å². The van der Waals surface area contributed by atoms with E-state index in [1.165, 1.54) is 6.07 Å². The van der Waals surface area contributed by atoms with Crippen molar-refractivity contribution in [3.63, 3.8) is 0 Å². The van der Waals surface area contributed by atoms with Gasteiger partial charge in [-0.2, -0.15) is 0 Å². The number of hydrogen-bond acceptors (Lipinski definition) is 3. The average molecular weight is 225 g/mol. The Hall–Kier alpha value is -0.970. The zero-order valence-electron chi connectivity index (χ0n) is 9.28. The highest BCUT2D eigenvalue weighted by Crippen LogP contribution is 2.27. The molecule has 2 atom stereocenters. The molecule has 4 heteroatoms. The zero-order chi connectivity index (χ0) is 11.6. The second-order valence-electron chi connectivity index (χ2n) is 4.19. The summed E-state index contributed by atoms with van der Waals surface area (Å²) in [5.41, 5.74) is 6.10. The van der Waals surface area contributed by atoms with Crippen LogP contribution in [0.25, 0.3) is 0 Å². The van der Waals surface area contributed by atoms with Gasteiger partial charge in [0.25, 0.3) is 0 Å². The minimum Gasteiger partial charge on any atom is -0.347 e. The van der Waals surface area contributed by atoms with Gasteiger partial charge in [0.05, 0.1) is 12.7 Å². The Kier molecular flexibility index (Phi) is 3.23. The predicted molar refractivity (Wildman–Crippen MR) is 58.4 cm³/mol. The molecule has 1 fully saturated rings. The number of ether oxygens (including phenoxy) is 2. The lowest BCUT2D eigenvalue weighted by atomic mass is 10.1. The average Bonchev–Trinajstić information content (AvgIpc) is 2.64. The Morgan fingerprint density at radius 3 is 2.88 bits per heavy atom. The molecule has 0 aromatic heterocycles. The zero-order valence-corrected chi connectivity index (χ0v) is 9.28. The van der Waals surface area contributed by atoms with Crippen LogP contribution in [0, 0.1) is 5.82 Å². The molecule has 1 aromatic rings. The fraction of sp³-hybridized carbons (Fsp3) is 0.500. The molecule has 0 amide bonds. The third kappa shape index (κ3) is 2.40. The topological polar surface area (TPSA) is 44.5 Å². The fourth-order valence-electron chi connectivity index (χ4n) is 1.89. The Balaban J connectivity index is 2.08. The SMILES string of the molecule is CC1(Cc2ccccc2F)OCC(CN)O1. The molecule has 1 aliphatic heterocycles. The highest BCUT2D eigenvalue weighted by molar-refractivity contribution is 5.18. The van der Waals surface area contributed by atoms with Gasteiger partial charge in [-0.15, -0.1) is 0 Å². The lowest BCUT2D eigenvalue weighted by molar-refractivity contribution is -0.151. The molecular weight excluding hydrogens is 209 g/mol. The van der Waals surface area contributed by atoms with E-state index in [1.807, 2.05) is 6.92 Å². The number of halogens is 1. The van der Waals surface area contributed by atoms with Crippen LogP contribution >= 0.6 is 0 Å². The van der Waals surface area contributed by atoms with Gasteiger partial charge in [0, 0.05) is 13.0 Å². The molecule has 2 rings (SSSR count). The molecule has 2 N–H and O–H groups in total. The molecule has 3 nitrogen and oxygen atoms in total. The second kappa shape index (κ2) is 4.49. The summed E-state index contributed by atoms with van der Waals surface area (Å²) in [7, 11) is 0. The van der Waals surface area contributed by atoms with E-state index in [0.717, 1.165) is 0 Å². The maximum atomic E-state index is 13.5. The first-order valence-corrected chi connectivity index (χ1v) is 5.38. The lowest BCUT2D eigenvalue weighted by Gasteiger charge is -2.23. The maximum absolute atomic E-state index is 13.5. The lowest BCUT2D eigenvalue weighted by Crippen LogP contribution is -2.31. The Morgan fingerprint density at radius 2 is 2.25 bits per heavy atom. The summed E-state index contributed by atoms with van der Waals surface area (Å²) in [6.07, 6.45) is 0.313. The molecule has 0 saturated carbocycles. The van der Waals surface area contributed by atoms with Gasteiger partial charge in [-0.05, 0) is 18.6 Å². The number of hydrogen-bond donors (Lipinski definition) is 1. The molecule has 1 aliphatic rings. The van der Waals surface area contributed by atoms with Crippen LogP contribution in [0.15, 0.2) is 24.3 Å². The van der Waals surface area contributed by atoms with Crippen molar-refractivity contribution in [2.24, 2.45) is 5.73 Å². The fourth-order valence-corrected chi connectivity index (χ4v) is 1.89. The normalized spacial score (nSPS) is 29.6. The quantitative estimate of drug-likeness (QED) is 0.847. The monoisotopic (exact) mass is 225 g/mol. The maximum Gasteiger partial charge on any atom is 0.170 e. The Bertz CT molecular complexity index is 372. The van der Waals surface area contributed by atoms with Gasteiger partial charge in [-0.25, -0.2) is 4.39 Å². The van der Waals surface area contributed by atoms with E-state index in [4.69, 9.17) is 15.2 Å². The molecule has 88 valence electrons. The Morgan fingerprint density at radius 1 is 1.50 bits per heavy atom. The van der Waals surface area contributed by atoms with E-state index in [0.29, 0.717) is 25.1 Å². The third-order valence-electron chi connectivity index (χ3n) is 2.72. The molecule has 0 radical (unpaired) electrons. The summed E-state index contributed by atoms with van der Waals surface area (Å²) < 4.78 is 24.6. The molecular formula is C12H16FNO2. The van der Waals surface area contributed by atoms with Crippen LogP contribution in [-0.2, 0) is 15.9 Å². The first-order chi connectivity index (χ1) is 7.63. The van der Waals surface area contributed by atoms with Crippen LogP contribution in [0.3, 0.4) is 0 Å². The molecule has 0 bridgehead atoms. The van der Waals surface area contributed by atoms with Crippen LogP contribution in [0.5, 0.6) is 0 Å². The summed E-state index contributed by atoms with van der Waals surface area (Å²) in [5, 5.41) is 0. The van der Waals surface area contributed by atoms with Crippen LogP contribution in [0.1, 0.15) is 12.5 Å². The summed E-state index contributed by atoms with van der Waals surface area (Å²) in [6.45, 7) is 2.71. The van der Waals surface area contributed by atoms with Crippen molar-refractivity contribution in [3.05, 3.63) is 35.6 Å². The molecule has 0 spiro atoms.